The van der Waals surface area contributed by atoms with Gasteiger partial charge in [0.15, 0.2) is 0 Å². The fraction of sp³-hybridized carbons (Fsp3) is 0.400. The number of hydrogen-bond acceptors (Lipinski definition) is 3. The minimum Gasteiger partial charge on any atom is -0.422 e. The van der Waals surface area contributed by atoms with E-state index in [1.165, 1.54) is 0 Å². The molecule has 1 heterocycles. The zero-order valence-electron chi connectivity index (χ0n) is 11.2. The van der Waals surface area contributed by atoms with E-state index in [4.69, 9.17) is 4.42 Å². The number of para-hydroxylation sites is 1. The first-order valence-electron chi connectivity index (χ1n) is 6.37. The maximum Gasteiger partial charge on any atom is 0.341 e. The Morgan fingerprint density at radius 1 is 1.22 bits per heavy atom. The topological polar surface area (TPSA) is 33.5 Å². The molecule has 2 aromatic rings. The lowest BCUT2D eigenvalue weighted by Gasteiger charge is -2.18. The molecule has 0 aliphatic carbocycles. The van der Waals surface area contributed by atoms with Gasteiger partial charge in [0.2, 0.25) is 0 Å². The Labute approximate surface area is 107 Å². The van der Waals surface area contributed by atoms with E-state index in [1.54, 1.807) is 0 Å². The van der Waals surface area contributed by atoms with Crippen molar-refractivity contribution in [3.05, 3.63) is 40.2 Å². The van der Waals surface area contributed by atoms with Crippen molar-refractivity contribution in [2.24, 2.45) is 0 Å². The summed E-state index contributed by atoms with van der Waals surface area (Å²) in [5, 5.41) is 1.01. The number of fused-ring (bicyclic) bond motifs is 1. The lowest BCUT2D eigenvalue weighted by atomic mass is 10.0. The number of rotatable bonds is 4. The van der Waals surface area contributed by atoms with Crippen LogP contribution in [0, 0.1) is 0 Å². The zero-order valence-corrected chi connectivity index (χ0v) is 11.2. The Hall–Kier alpha value is -1.77. The number of anilines is 1. The molecule has 0 aliphatic heterocycles. The number of nitrogens with zero attached hydrogens (tertiary/aromatic N) is 1. The highest BCUT2D eigenvalue weighted by atomic mass is 16.4. The highest BCUT2D eigenvalue weighted by molar-refractivity contribution is 5.91. The summed E-state index contributed by atoms with van der Waals surface area (Å²) in [5.41, 5.74) is 2.24. The van der Waals surface area contributed by atoms with Crippen molar-refractivity contribution in [3.63, 3.8) is 0 Å². The molecular weight excluding hydrogens is 226 g/mol. The minimum absolute atomic E-state index is 0.203. The van der Waals surface area contributed by atoms with E-state index in [0.29, 0.717) is 5.58 Å². The van der Waals surface area contributed by atoms with E-state index >= 15 is 0 Å². The molecule has 0 unspecified atom stereocenters. The summed E-state index contributed by atoms with van der Waals surface area (Å²) < 4.78 is 5.40. The van der Waals surface area contributed by atoms with Gasteiger partial charge < -0.3 is 9.32 Å². The second-order valence-corrected chi connectivity index (χ2v) is 4.71. The molecule has 0 N–H and O–H groups in total. The molecule has 0 amide bonds. The van der Waals surface area contributed by atoms with Gasteiger partial charge in [-0.3, -0.25) is 0 Å². The largest absolute Gasteiger partial charge is 0.422 e. The molecule has 0 radical (unpaired) electrons. The highest BCUT2D eigenvalue weighted by Crippen LogP contribution is 2.28. The standard InChI is InChI=1S/C15H19NO2/c1-4-5-8-12-14(16(2)3)11-9-6-7-10-13(11)18-15(12)17/h6-7,9-10H,4-5,8H2,1-3H3. The van der Waals surface area contributed by atoms with Crippen LogP contribution in [-0.2, 0) is 6.42 Å². The molecule has 2 rings (SSSR count). The average molecular weight is 245 g/mol. The summed E-state index contributed by atoms with van der Waals surface area (Å²) in [6.45, 7) is 2.12. The summed E-state index contributed by atoms with van der Waals surface area (Å²) in [4.78, 5) is 14.1. The molecule has 0 fully saturated rings. The molecule has 0 atom stereocenters. The molecule has 3 heteroatoms. The van der Waals surface area contributed by atoms with Gasteiger partial charge in [-0.1, -0.05) is 25.5 Å². The van der Waals surface area contributed by atoms with Crippen molar-refractivity contribution >= 4 is 16.7 Å². The summed E-state index contributed by atoms with van der Waals surface area (Å²) in [5.74, 6) is 0. The van der Waals surface area contributed by atoms with E-state index in [-0.39, 0.29) is 5.63 Å². The Morgan fingerprint density at radius 2 is 1.94 bits per heavy atom. The second-order valence-electron chi connectivity index (χ2n) is 4.71. The summed E-state index contributed by atoms with van der Waals surface area (Å²) in [7, 11) is 3.94. The van der Waals surface area contributed by atoms with E-state index in [0.717, 1.165) is 35.9 Å². The Bertz CT molecular complexity index is 599. The first kappa shape index (κ1) is 12.7. The number of unbranched alkanes of at least 4 members (excludes halogenated alkanes) is 1. The molecule has 0 saturated heterocycles. The van der Waals surface area contributed by atoms with Crippen LogP contribution < -0.4 is 10.5 Å². The van der Waals surface area contributed by atoms with Crippen LogP contribution in [0.4, 0.5) is 5.69 Å². The maximum absolute atomic E-state index is 12.1. The van der Waals surface area contributed by atoms with Crippen LogP contribution >= 0.6 is 0 Å². The van der Waals surface area contributed by atoms with Crippen molar-refractivity contribution in [1.29, 1.82) is 0 Å². The van der Waals surface area contributed by atoms with Crippen molar-refractivity contribution in [2.75, 3.05) is 19.0 Å². The third-order valence-corrected chi connectivity index (χ3v) is 3.10. The van der Waals surface area contributed by atoms with Gasteiger partial charge in [-0.15, -0.1) is 0 Å². The Balaban J connectivity index is 2.71. The molecule has 96 valence electrons. The molecule has 1 aromatic carbocycles. The van der Waals surface area contributed by atoms with Gasteiger partial charge in [-0.05, 0) is 25.0 Å². The van der Waals surface area contributed by atoms with Crippen molar-refractivity contribution in [1.82, 2.24) is 0 Å². The summed E-state index contributed by atoms with van der Waals surface area (Å²) in [6, 6.07) is 7.70. The second kappa shape index (κ2) is 5.25. The van der Waals surface area contributed by atoms with Crippen LogP contribution in [0.2, 0.25) is 0 Å². The molecule has 1 aromatic heterocycles. The number of hydrogen-bond donors (Lipinski definition) is 0. The highest BCUT2D eigenvalue weighted by Gasteiger charge is 2.15. The maximum atomic E-state index is 12.1. The molecule has 0 spiro atoms. The van der Waals surface area contributed by atoms with Crippen LogP contribution in [0.1, 0.15) is 25.3 Å². The zero-order chi connectivity index (χ0) is 13.1. The predicted octanol–water partition coefficient (Wildman–Crippen LogP) is 3.20. The fourth-order valence-electron chi connectivity index (χ4n) is 2.26. The predicted molar refractivity (Wildman–Crippen MR) is 75.4 cm³/mol. The lowest BCUT2D eigenvalue weighted by molar-refractivity contribution is 0.547. The van der Waals surface area contributed by atoms with Crippen molar-refractivity contribution in [3.8, 4) is 0 Å². The first-order chi connectivity index (χ1) is 8.65. The Kier molecular flexibility index (Phi) is 3.70. The SMILES string of the molecule is CCCCc1c(N(C)C)c2ccccc2oc1=O. The van der Waals surface area contributed by atoms with Crippen molar-refractivity contribution < 1.29 is 4.42 Å². The van der Waals surface area contributed by atoms with E-state index in [2.05, 4.69) is 6.92 Å². The third-order valence-electron chi connectivity index (χ3n) is 3.10. The molecular formula is C15H19NO2. The van der Waals surface area contributed by atoms with E-state index < -0.39 is 0 Å². The quantitative estimate of drug-likeness (QED) is 0.776. The molecule has 0 bridgehead atoms. The Morgan fingerprint density at radius 3 is 2.61 bits per heavy atom. The van der Waals surface area contributed by atoms with Gasteiger partial charge in [0.05, 0.1) is 11.3 Å². The van der Waals surface area contributed by atoms with E-state index in [9.17, 15) is 4.79 Å². The van der Waals surface area contributed by atoms with E-state index in [1.807, 2.05) is 43.3 Å². The van der Waals surface area contributed by atoms with Gasteiger partial charge in [0.1, 0.15) is 5.58 Å². The van der Waals surface area contributed by atoms with Crippen LogP contribution in [0.15, 0.2) is 33.5 Å². The van der Waals surface area contributed by atoms with Crippen LogP contribution in [0.5, 0.6) is 0 Å². The smallest absolute Gasteiger partial charge is 0.341 e. The number of benzene rings is 1. The first-order valence-corrected chi connectivity index (χ1v) is 6.37. The summed E-state index contributed by atoms with van der Waals surface area (Å²) in [6.07, 6.45) is 2.85. The molecule has 0 saturated carbocycles. The molecule has 18 heavy (non-hydrogen) atoms. The summed E-state index contributed by atoms with van der Waals surface area (Å²) >= 11 is 0. The molecule has 0 aliphatic rings. The van der Waals surface area contributed by atoms with Crippen molar-refractivity contribution in [2.45, 2.75) is 26.2 Å². The van der Waals surface area contributed by atoms with Gasteiger partial charge >= 0.3 is 5.63 Å². The monoisotopic (exact) mass is 245 g/mol. The normalized spacial score (nSPS) is 10.8. The fourth-order valence-corrected chi connectivity index (χ4v) is 2.26. The van der Waals surface area contributed by atoms with Gasteiger partial charge in [-0.2, -0.15) is 0 Å². The van der Waals surface area contributed by atoms with Gasteiger partial charge in [0, 0.05) is 19.5 Å². The van der Waals surface area contributed by atoms with Crippen LogP contribution in [-0.4, -0.2) is 14.1 Å². The lowest BCUT2D eigenvalue weighted by Crippen LogP contribution is -2.18. The molecule has 3 nitrogen and oxygen atoms in total. The van der Waals surface area contributed by atoms with Crippen LogP contribution in [0.3, 0.4) is 0 Å². The van der Waals surface area contributed by atoms with Gasteiger partial charge in [0.25, 0.3) is 0 Å². The average Bonchev–Trinajstić information content (AvgIpc) is 2.35. The third kappa shape index (κ3) is 2.26. The van der Waals surface area contributed by atoms with Crippen LogP contribution in [0.25, 0.3) is 11.0 Å². The van der Waals surface area contributed by atoms with Gasteiger partial charge in [-0.25, -0.2) is 4.79 Å². The minimum atomic E-state index is -0.203.